The molecule has 2 rings (SSSR count). The molecule has 1 aliphatic rings. The normalized spacial score (nSPS) is 20.0. The summed E-state index contributed by atoms with van der Waals surface area (Å²) in [7, 11) is 0. The molecule has 2 atom stereocenters. The Morgan fingerprint density at radius 3 is 3.12 bits per heavy atom. The second-order valence-corrected chi connectivity index (χ2v) is 4.77. The fourth-order valence-electron chi connectivity index (χ4n) is 2.12. The van der Waals surface area contributed by atoms with E-state index >= 15 is 0 Å². The molecule has 0 spiro atoms. The lowest BCUT2D eigenvalue weighted by molar-refractivity contribution is -0.138. The predicted molar refractivity (Wildman–Crippen MR) is 64.0 cm³/mol. The summed E-state index contributed by atoms with van der Waals surface area (Å²) in [5, 5.41) is 12.8. The molecule has 2 N–H and O–H groups in total. The van der Waals surface area contributed by atoms with E-state index < -0.39 is 5.97 Å². The maximum Gasteiger partial charge on any atom is 0.303 e. The van der Waals surface area contributed by atoms with Gasteiger partial charge in [-0.05, 0) is 36.1 Å². The third-order valence-corrected chi connectivity index (χ3v) is 3.27. The summed E-state index contributed by atoms with van der Waals surface area (Å²) in [5.74, 6) is -0.632. The van der Waals surface area contributed by atoms with Crippen LogP contribution >= 0.6 is 11.6 Å². The fourth-order valence-corrected chi connectivity index (χ4v) is 2.32. The van der Waals surface area contributed by atoms with Crippen molar-refractivity contribution in [3.8, 4) is 0 Å². The number of anilines is 1. The minimum atomic E-state index is -0.747. The molecule has 16 heavy (non-hydrogen) atoms. The van der Waals surface area contributed by atoms with Crippen molar-refractivity contribution in [3.05, 3.63) is 28.8 Å². The highest BCUT2D eigenvalue weighted by Gasteiger charge is 2.26. The van der Waals surface area contributed by atoms with Gasteiger partial charge in [-0.1, -0.05) is 18.5 Å². The molecule has 0 aliphatic carbocycles. The molecule has 0 bridgehead atoms. The quantitative estimate of drug-likeness (QED) is 0.853. The minimum Gasteiger partial charge on any atom is -0.481 e. The number of aliphatic carboxylic acids is 1. The first-order valence-corrected chi connectivity index (χ1v) is 5.71. The van der Waals surface area contributed by atoms with Crippen molar-refractivity contribution in [3.63, 3.8) is 0 Å². The molecule has 0 saturated carbocycles. The number of carboxylic acids is 1. The van der Waals surface area contributed by atoms with Gasteiger partial charge in [0, 0.05) is 23.2 Å². The fraction of sp³-hybridized carbons (Fsp3) is 0.417. The standard InChI is InChI=1S/C12H14ClNO2/c1-7(4-12(15)16)11-6-8-5-9(13)2-3-10(8)14-11/h2-3,5,7,11,14H,4,6H2,1H3,(H,15,16). The maximum absolute atomic E-state index is 10.6. The Kier molecular flexibility index (Phi) is 3.06. The predicted octanol–water partition coefficient (Wildman–Crippen LogP) is 2.79. The summed E-state index contributed by atoms with van der Waals surface area (Å²) in [4.78, 5) is 10.6. The van der Waals surface area contributed by atoms with E-state index in [1.54, 1.807) is 0 Å². The molecule has 4 heteroatoms. The Morgan fingerprint density at radius 2 is 2.44 bits per heavy atom. The van der Waals surface area contributed by atoms with Crippen LogP contribution in [-0.2, 0) is 11.2 Å². The van der Waals surface area contributed by atoms with Crippen LogP contribution < -0.4 is 5.32 Å². The van der Waals surface area contributed by atoms with E-state index in [2.05, 4.69) is 5.32 Å². The van der Waals surface area contributed by atoms with Crippen molar-refractivity contribution in [1.29, 1.82) is 0 Å². The molecular formula is C12H14ClNO2. The van der Waals surface area contributed by atoms with Crippen LogP contribution in [0.3, 0.4) is 0 Å². The van der Waals surface area contributed by atoms with E-state index in [9.17, 15) is 4.79 Å². The first kappa shape index (κ1) is 11.3. The zero-order chi connectivity index (χ0) is 11.7. The molecule has 0 radical (unpaired) electrons. The van der Waals surface area contributed by atoms with Gasteiger partial charge in [0.25, 0.3) is 0 Å². The second-order valence-electron chi connectivity index (χ2n) is 4.33. The van der Waals surface area contributed by atoms with Gasteiger partial charge in [0.05, 0.1) is 0 Å². The summed E-state index contributed by atoms with van der Waals surface area (Å²) in [6.07, 6.45) is 1.05. The van der Waals surface area contributed by atoms with Gasteiger partial charge in [0.15, 0.2) is 0 Å². The van der Waals surface area contributed by atoms with Crippen LogP contribution in [0.1, 0.15) is 18.9 Å². The van der Waals surface area contributed by atoms with Crippen LogP contribution in [-0.4, -0.2) is 17.1 Å². The summed E-state index contributed by atoms with van der Waals surface area (Å²) in [6.45, 7) is 1.96. The molecule has 1 aromatic rings. The smallest absolute Gasteiger partial charge is 0.303 e. The number of fused-ring (bicyclic) bond motifs is 1. The number of carboxylic acid groups (broad SMARTS) is 1. The SMILES string of the molecule is CC(CC(=O)O)C1Cc2cc(Cl)ccc2N1. The van der Waals surface area contributed by atoms with Gasteiger partial charge in [-0.15, -0.1) is 0 Å². The van der Waals surface area contributed by atoms with Gasteiger partial charge in [-0.2, -0.15) is 0 Å². The van der Waals surface area contributed by atoms with Gasteiger partial charge < -0.3 is 10.4 Å². The van der Waals surface area contributed by atoms with Gasteiger partial charge in [0.2, 0.25) is 0 Å². The van der Waals surface area contributed by atoms with Gasteiger partial charge in [0.1, 0.15) is 0 Å². The van der Waals surface area contributed by atoms with Crippen LogP contribution in [0.25, 0.3) is 0 Å². The number of nitrogens with one attached hydrogen (secondary N) is 1. The minimum absolute atomic E-state index is 0.115. The lowest BCUT2D eigenvalue weighted by Gasteiger charge is -2.17. The van der Waals surface area contributed by atoms with Crippen LogP contribution in [0.2, 0.25) is 5.02 Å². The van der Waals surface area contributed by atoms with Crippen LogP contribution in [0.15, 0.2) is 18.2 Å². The van der Waals surface area contributed by atoms with Crippen molar-refractivity contribution in [2.45, 2.75) is 25.8 Å². The molecule has 3 nitrogen and oxygen atoms in total. The molecular weight excluding hydrogens is 226 g/mol. The van der Waals surface area contributed by atoms with Crippen molar-refractivity contribution >= 4 is 23.3 Å². The molecule has 2 unspecified atom stereocenters. The number of rotatable bonds is 3. The Balaban J connectivity index is 2.07. The van der Waals surface area contributed by atoms with Crippen molar-refractivity contribution < 1.29 is 9.90 Å². The molecule has 1 heterocycles. The van der Waals surface area contributed by atoms with Crippen molar-refractivity contribution in [1.82, 2.24) is 0 Å². The Morgan fingerprint density at radius 1 is 1.69 bits per heavy atom. The highest BCUT2D eigenvalue weighted by molar-refractivity contribution is 6.30. The Labute approximate surface area is 99.4 Å². The van der Waals surface area contributed by atoms with Crippen molar-refractivity contribution in [2.24, 2.45) is 5.92 Å². The van der Waals surface area contributed by atoms with E-state index in [0.717, 1.165) is 17.1 Å². The second kappa shape index (κ2) is 4.34. The Hall–Kier alpha value is -1.22. The van der Waals surface area contributed by atoms with E-state index in [-0.39, 0.29) is 18.4 Å². The zero-order valence-electron chi connectivity index (χ0n) is 9.03. The average molecular weight is 240 g/mol. The first-order valence-electron chi connectivity index (χ1n) is 5.33. The summed E-state index contributed by atoms with van der Waals surface area (Å²) in [5.41, 5.74) is 2.25. The highest BCUT2D eigenvalue weighted by Crippen LogP contribution is 2.31. The summed E-state index contributed by atoms with van der Waals surface area (Å²) >= 11 is 5.91. The maximum atomic E-state index is 10.6. The van der Waals surface area contributed by atoms with Gasteiger partial charge in [-0.25, -0.2) is 0 Å². The zero-order valence-corrected chi connectivity index (χ0v) is 9.79. The van der Waals surface area contributed by atoms with Crippen molar-refractivity contribution in [2.75, 3.05) is 5.32 Å². The average Bonchev–Trinajstić information content (AvgIpc) is 2.59. The topological polar surface area (TPSA) is 49.3 Å². The van der Waals surface area contributed by atoms with E-state index in [4.69, 9.17) is 16.7 Å². The van der Waals surface area contributed by atoms with Gasteiger partial charge in [-0.3, -0.25) is 4.79 Å². The molecule has 1 aromatic carbocycles. The number of hydrogen-bond acceptors (Lipinski definition) is 2. The lowest BCUT2D eigenvalue weighted by Crippen LogP contribution is -2.26. The van der Waals surface area contributed by atoms with Crippen LogP contribution in [0.5, 0.6) is 0 Å². The third kappa shape index (κ3) is 2.30. The highest BCUT2D eigenvalue weighted by atomic mass is 35.5. The number of benzene rings is 1. The largest absolute Gasteiger partial charge is 0.481 e. The Bertz CT molecular complexity index is 419. The number of halogens is 1. The van der Waals surface area contributed by atoms with E-state index in [1.165, 1.54) is 5.56 Å². The van der Waals surface area contributed by atoms with Gasteiger partial charge >= 0.3 is 5.97 Å². The molecule has 0 saturated heterocycles. The molecule has 0 amide bonds. The first-order chi connectivity index (χ1) is 7.56. The molecule has 1 aliphatic heterocycles. The number of hydrogen-bond donors (Lipinski definition) is 2. The lowest BCUT2D eigenvalue weighted by atomic mass is 9.96. The van der Waals surface area contributed by atoms with Crippen LogP contribution in [0.4, 0.5) is 5.69 Å². The summed E-state index contributed by atoms with van der Waals surface area (Å²) < 4.78 is 0. The molecule has 0 aromatic heterocycles. The van der Waals surface area contributed by atoms with Crippen LogP contribution in [0, 0.1) is 5.92 Å². The van der Waals surface area contributed by atoms with E-state index in [0.29, 0.717) is 0 Å². The monoisotopic (exact) mass is 239 g/mol. The third-order valence-electron chi connectivity index (χ3n) is 3.03. The number of carbonyl (C=O) groups is 1. The van der Waals surface area contributed by atoms with E-state index in [1.807, 2.05) is 25.1 Å². The summed E-state index contributed by atoms with van der Waals surface area (Å²) in [6, 6.07) is 5.93. The molecule has 86 valence electrons. The molecule has 0 fully saturated rings.